The SMILES string of the molecule is CC(C)Oc1nc(Cl)c(C=O)s1. The van der Waals surface area contributed by atoms with Crippen molar-refractivity contribution in [1.82, 2.24) is 4.98 Å². The quantitative estimate of drug-likeness (QED) is 0.712. The predicted molar refractivity (Wildman–Crippen MR) is 48.3 cm³/mol. The molecule has 12 heavy (non-hydrogen) atoms. The van der Waals surface area contributed by atoms with Gasteiger partial charge in [-0.3, -0.25) is 4.79 Å². The fourth-order valence-electron chi connectivity index (χ4n) is 0.619. The Morgan fingerprint density at radius 2 is 2.33 bits per heavy atom. The third-order valence-electron chi connectivity index (χ3n) is 1.03. The summed E-state index contributed by atoms with van der Waals surface area (Å²) in [4.78, 5) is 14.6. The second-order valence-corrected chi connectivity index (χ2v) is 3.77. The standard InChI is InChI=1S/C7H8ClNO2S/c1-4(2)11-7-9-6(8)5(3-10)12-7/h3-4H,1-2H3. The molecule has 0 spiro atoms. The maximum absolute atomic E-state index is 10.4. The van der Waals surface area contributed by atoms with Crippen LogP contribution in [0.5, 0.6) is 5.19 Å². The summed E-state index contributed by atoms with van der Waals surface area (Å²) in [5, 5.41) is 0.655. The Balaban J connectivity index is 2.82. The molecule has 66 valence electrons. The molecular formula is C7H8ClNO2S. The van der Waals surface area contributed by atoms with Crippen LogP contribution in [0.3, 0.4) is 0 Å². The highest BCUT2D eigenvalue weighted by Crippen LogP contribution is 2.27. The van der Waals surface area contributed by atoms with Gasteiger partial charge < -0.3 is 4.74 Å². The number of carbonyl (C=O) groups excluding carboxylic acids is 1. The lowest BCUT2D eigenvalue weighted by Gasteiger charge is -2.03. The number of nitrogens with zero attached hydrogens (tertiary/aromatic N) is 1. The second kappa shape index (κ2) is 3.87. The summed E-state index contributed by atoms with van der Waals surface area (Å²) >= 11 is 6.77. The van der Waals surface area contributed by atoms with Gasteiger partial charge in [0.05, 0.1) is 6.10 Å². The molecule has 0 aliphatic rings. The molecule has 0 atom stereocenters. The highest BCUT2D eigenvalue weighted by Gasteiger charge is 2.09. The summed E-state index contributed by atoms with van der Waals surface area (Å²) < 4.78 is 5.24. The average Bonchev–Trinajstić information content (AvgIpc) is 2.29. The molecule has 0 radical (unpaired) electrons. The van der Waals surface area contributed by atoms with E-state index in [0.717, 1.165) is 11.3 Å². The van der Waals surface area contributed by atoms with Crippen molar-refractivity contribution < 1.29 is 9.53 Å². The number of aromatic nitrogens is 1. The van der Waals surface area contributed by atoms with Crippen molar-refractivity contribution in [3.8, 4) is 5.19 Å². The molecule has 5 heteroatoms. The van der Waals surface area contributed by atoms with Crippen molar-refractivity contribution in [1.29, 1.82) is 0 Å². The van der Waals surface area contributed by atoms with Crippen LogP contribution in [0, 0.1) is 0 Å². The van der Waals surface area contributed by atoms with Crippen molar-refractivity contribution in [3.05, 3.63) is 10.0 Å². The van der Waals surface area contributed by atoms with E-state index < -0.39 is 0 Å². The minimum Gasteiger partial charge on any atom is -0.467 e. The van der Waals surface area contributed by atoms with Gasteiger partial charge in [-0.15, -0.1) is 0 Å². The molecule has 0 N–H and O–H groups in total. The van der Waals surface area contributed by atoms with Crippen LogP contribution in [-0.2, 0) is 0 Å². The van der Waals surface area contributed by atoms with Gasteiger partial charge in [0.15, 0.2) is 11.4 Å². The summed E-state index contributed by atoms with van der Waals surface area (Å²) in [6.07, 6.45) is 0.722. The largest absolute Gasteiger partial charge is 0.467 e. The number of ether oxygens (including phenoxy) is 1. The van der Waals surface area contributed by atoms with Crippen LogP contribution in [0.15, 0.2) is 0 Å². The maximum atomic E-state index is 10.4. The van der Waals surface area contributed by atoms with Gasteiger partial charge in [-0.25, -0.2) is 0 Å². The zero-order chi connectivity index (χ0) is 9.14. The van der Waals surface area contributed by atoms with Crippen molar-refractivity contribution in [3.63, 3.8) is 0 Å². The molecule has 1 aromatic heterocycles. The van der Waals surface area contributed by atoms with E-state index in [4.69, 9.17) is 16.3 Å². The summed E-state index contributed by atoms with van der Waals surface area (Å²) in [6, 6.07) is 0. The predicted octanol–water partition coefficient (Wildman–Crippen LogP) is 2.40. The molecule has 1 heterocycles. The molecular weight excluding hydrogens is 198 g/mol. The number of halogens is 1. The van der Waals surface area contributed by atoms with Crippen molar-refractivity contribution in [2.45, 2.75) is 20.0 Å². The van der Waals surface area contributed by atoms with Crippen LogP contribution in [0.25, 0.3) is 0 Å². The fourth-order valence-corrected chi connectivity index (χ4v) is 1.65. The summed E-state index contributed by atoms with van der Waals surface area (Å²) in [5.74, 6) is 0. The molecule has 0 aliphatic carbocycles. The van der Waals surface area contributed by atoms with Crippen LogP contribution in [-0.4, -0.2) is 17.4 Å². The van der Waals surface area contributed by atoms with Gasteiger partial charge >= 0.3 is 0 Å². The van der Waals surface area contributed by atoms with Crippen LogP contribution in [0.4, 0.5) is 0 Å². The van der Waals surface area contributed by atoms with E-state index in [1.807, 2.05) is 13.8 Å². The first-order chi connectivity index (χ1) is 5.63. The van der Waals surface area contributed by atoms with Gasteiger partial charge in [-0.1, -0.05) is 22.9 Å². The smallest absolute Gasteiger partial charge is 0.275 e. The first-order valence-corrected chi connectivity index (χ1v) is 4.61. The van der Waals surface area contributed by atoms with Gasteiger partial charge in [0.2, 0.25) is 0 Å². The van der Waals surface area contributed by atoms with E-state index in [0.29, 0.717) is 16.4 Å². The normalized spacial score (nSPS) is 10.3. The number of carbonyl (C=O) groups is 1. The third-order valence-corrected chi connectivity index (χ3v) is 2.31. The zero-order valence-electron chi connectivity index (χ0n) is 6.70. The molecule has 0 amide bonds. The Kier molecular flexibility index (Phi) is 3.05. The fraction of sp³-hybridized carbons (Fsp3) is 0.429. The lowest BCUT2D eigenvalue weighted by molar-refractivity contribution is 0.112. The lowest BCUT2D eigenvalue weighted by atomic mass is 10.5. The molecule has 0 aromatic carbocycles. The van der Waals surface area contributed by atoms with E-state index in [1.54, 1.807) is 0 Å². The maximum Gasteiger partial charge on any atom is 0.275 e. The Labute approximate surface area is 79.3 Å². The summed E-state index contributed by atoms with van der Waals surface area (Å²) in [6.45, 7) is 3.77. The number of aldehydes is 1. The topological polar surface area (TPSA) is 39.2 Å². The van der Waals surface area contributed by atoms with E-state index in [9.17, 15) is 4.79 Å². The van der Waals surface area contributed by atoms with Crippen molar-refractivity contribution in [2.24, 2.45) is 0 Å². The molecule has 1 aromatic rings. The van der Waals surface area contributed by atoms with E-state index in [2.05, 4.69) is 4.98 Å². The van der Waals surface area contributed by atoms with Crippen LogP contribution >= 0.6 is 22.9 Å². The molecule has 0 saturated carbocycles. The second-order valence-electron chi connectivity index (χ2n) is 2.42. The Hall–Kier alpha value is -0.610. The first-order valence-electron chi connectivity index (χ1n) is 3.41. The minimum absolute atomic E-state index is 0.0479. The minimum atomic E-state index is 0.0479. The number of hydrogen-bond donors (Lipinski definition) is 0. The number of hydrogen-bond acceptors (Lipinski definition) is 4. The molecule has 3 nitrogen and oxygen atoms in total. The highest BCUT2D eigenvalue weighted by molar-refractivity contribution is 7.15. The van der Waals surface area contributed by atoms with Crippen molar-refractivity contribution in [2.75, 3.05) is 0 Å². The molecule has 0 fully saturated rings. The summed E-state index contributed by atoms with van der Waals surface area (Å²) in [5.41, 5.74) is 0. The van der Waals surface area contributed by atoms with Crippen LogP contribution in [0.1, 0.15) is 23.5 Å². The Bertz CT molecular complexity index is 285. The molecule has 0 unspecified atom stereocenters. The zero-order valence-corrected chi connectivity index (χ0v) is 8.28. The molecule has 0 saturated heterocycles. The van der Waals surface area contributed by atoms with E-state index in [1.165, 1.54) is 0 Å². The molecule has 0 aliphatic heterocycles. The average molecular weight is 206 g/mol. The van der Waals surface area contributed by atoms with Gasteiger partial charge in [0.1, 0.15) is 4.88 Å². The lowest BCUT2D eigenvalue weighted by Crippen LogP contribution is -2.04. The van der Waals surface area contributed by atoms with Gasteiger partial charge in [0, 0.05) is 0 Å². The Morgan fingerprint density at radius 3 is 2.75 bits per heavy atom. The van der Waals surface area contributed by atoms with Gasteiger partial charge in [-0.2, -0.15) is 4.98 Å². The third kappa shape index (κ3) is 2.19. The van der Waals surface area contributed by atoms with Crippen molar-refractivity contribution >= 4 is 29.2 Å². The van der Waals surface area contributed by atoms with E-state index >= 15 is 0 Å². The monoisotopic (exact) mass is 205 g/mol. The summed E-state index contributed by atoms with van der Waals surface area (Å²) in [7, 11) is 0. The number of rotatable bonds is 3. The Morgan fingerprint density at radius 1 is 1.67 bits per heavy atom. The van der Waals surface area contributed by atoms with Gasteiger partial charge in [0.25, 0.3) is 5.19 Å². The van der Waals surface area contributed by atoms with Crippen LogP contribution < -0.4 is 4.74 Å². The van der Waals surface area contributed by atoms with E-state index in [-0.39, 0.29) is 11.3 Å². The molecule has 1 rings (SSSR count). The molecule has 0 bridgehead atoms. The van der Waals surface area contributed by atoms with Crippen LogP contribution in [0.2, 0.25) is 5.15 Å². The first kappa shape index (κ1) is 9.48. The highest BCUT2D eigenvalue weighted by atomic mass is 35.5. The number of thiazole rings is 1. The van der Waals surface area contributed by atoms with Gasteiger partial charge in [-0.05, 0) is 13.8 Å².